The molecule has 0 N–H and O–H groups in total. The van der Waals surface area contributed by atoms with Gasteiger partial charge in [0.05, 0.1) is 0 Å². The molecule has 0 spiro atoms. The van der Waals surface area contributed by atoms with E-state index in [9.17, 15) is 4.79 Å². The van der Waals surface area contributed by atoms with Crippen LogP contribution >= 0.6 is 0 Å². The quantitative estimate of drug-likeness (QED) is 0.531. The second kappa shape index (κ2) is 3.62. The summed E-state index contributed by atoms with van der Waals surface area (Å²) >= 11 is 0. The number of hydrogen-bond donors (Lipinski definition) is 0. The molecular formula is C14H16O2. The Labute approximate surface area is 95.6 Å². The van der Waals surface area contributed by atoms with Gasteiger partial charge in [0.15, 0.2) is 0 Å². The van der Waals surface area contributed by atoms with Gasteiger partial charge in [0.25, 0.3) is 0 Å². The number of carbonyl (C=O) groups is 1. The SMILES string of the molecule is CC(=O)Oc1ccc2c(c1)[C@@H]1CCCC[C@H]21. The van der Waals surface area contributed by atoms with Crippen LogP contribution in [0.25, 0.3) is 0 Å². The van der Waals surface area contributed by atoms with Crippen LogP contribution in [-0.4, -0.2) is 5.97 Å². The summed E-state index contributed by atoms with van der Waals surface area (Å²) in [6.07, 6.45) is 5.36. The fourth-order valence-corrected chi connectivity index (χ4v) is 3.22. The van der Waals surface area contributed by atoms with Crippen LogP contribution in [-0.2, 0) is 4.79 Å². The second-order valence-electron chi connectivity index (χ2n) is 4.88. The number of esters is 1. The maximum Gasteiger partial charge on any atom is 0.308 e. The normalized spacial score (nSPS) is 26.3. The lowest BCUT2D eigenvalue weighted by atomic mass is 9.61. The van der Waals surface area contributed by atoms with Crippen molar-refractivity contribution in [1.29, 1.82) is 0 Å². The van der Waals surface area contributed by atoms with Crippen LogP contribution in [0.2, 0.25) is 0 Å². The summed E-state index contributed by atoms with van der Waals surface area (Å²) in [5.41, 5.74) is 2.91. The van der Waals surface area contributed by atoms with Gasteiger partial charge in [-0.15, -0.1) is 0 Å². The van der Waals surface area contributed by atoms with Crippen LogP contribution in [0.5, 0.6) is 5.75 Å². The molecule has 3 rings (SSSR count). The van der Waals surface area contributed by atoms with E-state index in [0.717, 1.165) is 11.8 Å². The molecule has 16 heavy (non-hydrogen) atoms. The Bertz CT molecular complexity index is 436. The summed E-state index contributed by atoms with van der Waals surface area (Å²) in [5, 5.41) is 0. The van der Waals surface area contributed by atoms with Crippen LogP contribution in [0.3, 0.4) is 0 Å². The van der Waals surface area contributed by atoms with Crippen molar-refractivity contribution in [3.8, 4) is 5.75 Å². The number of benzene rings is 1. The lowest BCUT2D eigenvalue weighted by molar-refractivity contribution is -0.131. The number of carbonyl (C=O) groups excluding carboxylic acids is 1. The zero-order valence-electron chi connectivity index (χ0n) is 9.53. The van der Waals surface area contributed by atoms with E-state index in [0.29, 0.717) is 5.75 Å². The number of ether oxygens (including phenoxy) is 1. The molecule has 0 aromatic heterocycles. The Morgan fingerprint density at radius 1 is 1.19 bits per heavy atom. The first-order chi connectivity index (χ1) is 7.75. The highest BCUT2D eigenvalue weighted by atomic mass is 16.5. The fourth-order valence-electron chi connectivity index (χ4n) is 3.22. The van der Waals surface area contributed by atoms with E-state index in [2.05, 4.69) is 12.1 Å². The maximum atomic E-state index is 10.9. The first-order valence-electron chi connectivity index (χ1n) is 6.08. The molecule has 1 saturated carbocycles. The van der Waals surface area contributed by atoms with E-state index in [1.807, 2.05) is 6.07 Å². The average Bonchev–Trinajstić information content (AvgIpc) is 2.26. The molecule has 1 fully saturated rings. The van der Waals surface area contributed by atoms with E-state index in [1.54, 1.807) is 0 Å². The molecule has 2 nitrogen and oxygen atoms in total. The third kappa shape index (κ3) is 1.44. The van der Waals surface area contributed by atoms with Gasteiger partial charge in [0.1, 0.15) is 5.75 Å². The van der Waals surface area contributed by atoms with Gasteiger partial charge in [0.2, 0.25) is 0 Å². The Hall–Kier alpha value is -1.31. The van der Waals surface area contributed by atoms with Crippen molar-refractivity contribution in [2.75, 3.05) is 0 Å². The lowest BCUT2D eigenvalue weighted by Crippen LogP contribution is -2.27. The van der Waals surface area contributed by atoms with Crippen molar-refractivity contribution in [2.24, 2.45) is 0 Å². The summed E-state index contributed by atoms with van der Waals surface area (Å²) in [5.74, 6) is 1.99. The van der Waals surface area contributed by atoms with Crippen LogP contribution in [0.15, 0.2) is 18.2 Å². The molecule has 84 valence electrons. The first-order valence-corrected chi connectivity index (χ1v) is 6.08. The monoisotopic (exact) mass is 216 g/mol. The minimum absolute atomic E-state index is 0.237. The van der Waals surface area contributed by atoms with Crippen LogP contribution in [0.1, 0.15) is 55.6 Å². The average molecular weight is 216 g/mol. The van der Waals surface area contributed by atoms with Crippen molar-refractivity contribution in [1.82, 2.24) is 0 Å². The minimum atomic E-state index is -0.237. The number of rotatable bonds is 1. The van der Waals surface area contributed by atoms with Crippen LogP contribution < -0.4 is 4.74 Å². The van der Waals surface area contributed by atoms with Gasteiger partial charge >= 0.3 is 5.97 Å². The summed E-state index contributed by atoms with van der Waals surface area (Å²) < 4.78 is 5.12. The minimum Gasteiger partial charge on any atom is -0.427 e. The van der Waals surface area contributed by atoms with E-state index >= 15 is 0 Å². The Morgan fingerprint density at radius 3 is 2.56 bits per heavy atom. The van der Waals surface area contributed by atoms with E-state index in [1.165, 1.54) is 43.7 Å². The Kier molecular flexibility index (Phi) is 2.23. The van der Waals surface area contributed by atoms with Gasteiger partial charge in [-0.3, -0.25) is 4.79 Å². The molecule has 0 unspecified atom stereocenters. The van der Waals surface area contributed by atoms with E-state index < -0.39 is 0 Å². The maximum absolute atomic E-state index is 10.9. The zero-order chi connectivity index (χ0) is 11.1. The van der Waals surface area contributed by atoms with Gasteiger partial charge < -0.3 is 4.74 Å². The highest BCUT2D eigenvalue weighted by Gasteiger charge is 2.38. The molecule has 2 aliphatic rings. The van der Waals surface area contributed by atoms with E-state index in [-0.39, 0.29) is 5.97 Å². The molecule has 1 aromatic carbocycles. The molecule has 0 heterocycles. The standard InChI is InChI=1S/C14H16O2/c1-9(15)16-10-6-7-13-11-4-2-3-5-12(11)14(13)8-10/h6-8,11-12H,2-5H2,1H3/t11-,12+/m0/s1. The molecule has 0 radical (unpaired) electrons. The highest BCUT2D eigenvalue weighted by Crippen LogP contribution is 2.55. The van der Waals surface area contributed by atoms with Gasteiger partial charge in [-0.05, 0) is 47.9 Å². The van der Waals surface area contributed by atoms with Gasteiger partial charge in [0, 0.05) is 6.92 Å². The van der Waals surface area contributed by atoms with Crippen molar-refractivity contribution in [2.45, 2.75) is 44.4 Å². The molecule has 2 heteroatoms. The molecule has 1 aromatic rings. The lowest BCUT2D eigenvalue weighted by Gasteiger charge is -2.43. The fraction of sp³-hybridized carbons (Fsp3) is 0.500. The van der Waals surface area contributed by atoms with E-state index in [4.69, 9.17) is 4.74 Å². The smallest absolute Gasteiger partial charge is 0.308 e. The predicted molar refractivity (Wildman–Crippen MR) is 61.7 cm³/mol. The molecule has 2 aliphatic carbocycles. The summed E-state index contributed by atoms with van der Waals surface area (Å²) in [7, 11) is 0. The first kappa shape index (κ1) is 9.88. The molecule has 2 atom stereocenters. The third-order valence-electron chi connectivity index (χ3n) is 3.88. The molecule has 0 bridgehead atoms. The predicted octanol–water partition coefficient (Wildman–Crippen LogP) is 3.37. The molecular weight excluding hydrogens is 200 g/mol. The largest absolute Gasteiger partial charge is 0.427 e. The zero-order valence-corrected chi connectivity index (χ0v) is 9.53. The Balaban J connectivity index is 1.89. The summed E-state index contributed by atoms with van der Waals surface area (Å²) in [6.45, 7) is 1.45. The molecule has 0 aliphatic heterocycles. The van der Waals surface area contributed by atoms with Crippen molar-refractivity contribution >= 4 is 5.97 Å². The summed E-state index contributed by atoms with van der Waals surface area (Å²) in [4.78, 5) is 10.9. The van der Waals surface area contributed by atoms with Crippen LogP contribution in [0.4, 0.5) is 0 Å². The molecule has 0 amide bonds. The molecule has 0 saturated heterocycles. The topological polar surface area (TPSA) is 26.3 Å². The van der Waals surface area contributed by atoms with Crippen LogP contribution in [0, 0.1) is 0 Å². The summed E-state index contributed by atoms with van der Waals surface area (Å²) in [6, 6.07) is 6.12. The van der Waals surface area contributed by atoms with Crippen molar-refractivity contribution in [3.05, 3.63) is 29.3 Å². The number of hydrogen-bond acceptors (Lipinski definition) is 2. The van der Waals surface area contributed by atoms with Crippen molar-refractivity contribution in [3.63, 3.8) is 0 Å². The van der Waals surface area contributed by atoms with Gasteiger partial charge in [-0.2, -0.15) is 0 Å². The van der Waals surface area contributed by atoms with Crippen molar-refractivity contribution < 1.29 is 9.53 Å². The Morgan fingerprint density at radius 2 is 1.88 bits per heavy atom. The highest BCUT2D eigenvalue weighted by molar-refractivity contribution is 5.69. The van der Waals surface area contributed by atoms with Gasteiger partial charge in [-0.1, -0.05) is 18.9 Å². The third-order valence-corrected chi connectivity index (χ3v) is 3.88. The second-order valence-corrected chi connectivity index (χ2v) is 4.88. The number of fused-ring (bicyclic) bond motifs is 4. The van der Waals surface area contributed by atoms with Gasteiger partial charge in [-0.25, -0.2) is 0 Å².